The number of fused-ring (bicyclic) bond motifs is 1. The zero-order chi connectivity index (χ0) is 17.4. The minimum Gasteiger partial charge on any atom is -0.390 e. The van der Waals surface area contributed by atoms with Crippen LogP contribution in [0, 0.1) is 5.53 Å². The third-order valence-corrected chi connectivity index (χ3v) is 4.89. The first kappa shape index (κ1) is 16.5. The molecular weight excluding hydrogens is 340 g/mol. The van der Waals surface area contributed by atoms with Gasteiger partial charge in [-0.15, -0.1) is 0 Å². The topological polar surface area (TPSA) is 167 Å². The van der Waals surface area contributed by atoms with Crippen LogP contribution in [-0.2, 0) is 4.74 Å². The lowest BCUT2D eigenvalue weighted by molar-refractivity contribution is -0.0611. The number of hydrogen-bond donors (Lipinski definition) is 4. The average Bonchev–Trinajstić information content (AvgIpc) is 3.08. The molecule has 1 aliphatic rings. The van der Waals surface area contributed by atoms with Gasteiger partial charge in [-0.2, -0.15) is 0 Å². The Bertz CT molecular complexity index is 982. The first-order chi connectivity index (χ1) is 11.5. The molecule has 4 atom stereocenters. The molecule has 3 rings (SSSR count). The van der Waals surface area contributed by atoms with Crippen LogP contribution in [0.1, 0.15) is 26.0 Å². The van der Waals surface area contributed by atoms with Gasteiger partial charge < -0.3 is 9.84 Å². The van der Waals surface area contributed by atoms with E-state index in [1.807, 2.05) is 0 Å². The van der Waals surface area contributed by atoms with Crippen molar-refractivity contribution in [3.8, 4) is 0 Å². The summed E-state index contributed by atoms with van der Waals surface area (Å²) in [5, 5.41) is 13.7. The first-order valence-electron chi connectivity index (χ1n) is 7.24. The highest BCUT2D eigenvalue weighted by molar-refractivity contribution is 7.16. The minimum atomic E-state index is -0.969. The highest BCUT2D eigenvalue weighted by Gasteiger charge is 2.44. The molecule has 3 heterocycles. The molecular formula is C12H15N6O5S+. The van der Waals surface area contributed by atoms with Gasteiger partial charge in [-0.05, 0) is 6.42 Å². The van der Waals surface area contributed by atoms with E-state index in [4.69, 9.17) is 10.3 Å². The largest absolute Gasteiger partial charge is 0.390 e. The lowest BCUT2D eigenvalue weighted by atomic mass is 10.1. The third-order valence-electron chi connectivity index (χ3n) is 3.93. The standard InChI is InChI=1S/C12H14N6O5S/c1-2-5(19)6-3-4(16-17-13)10(23-6)18-8-7(24-12(18)22)9(20)15-11(21)14-8/h4-6,10,13,19H,2-3H2,1H3,(H-,14,15,20,21)/p+1. The van der Waals surface area contributed by atoms with Gasteiger partial charge in [0.15, 0.2) is 12.3 Å². The van der Waals surface area contributed by atoms with Crippen molar-refractivity contribution < 1.29 is 9.84 Å². The second-order valence-corrected chi connectivity index (χ2v) is 6.34. The number of thiazole rings is 1. The number of nitrogens with one attached hydrogen (secondary N) is 3. The minimum absolute atomic E-state index is 0.0283. The number of aromatic amines is 2. The maximum atomic E-state index is 12.3. The van der Waals surface area contributed by atoms with Crippen LogP contribution in [0.25, 0.3) is 10.3 Å². The quantitative estimate of drug-likeness (QED) is 0.424. The van der Waals surface area contributed by atoms with Crippen molar-refractivity contribution in [2.45, 2.75) is 44.2 Å². The van der Waals surface area contributed by atoms with Crippen LogP contribution in [0.3, 0.4) is 0 Å². The van der Waals surface area contributed by atoms with Gasteiger partial charge in [0.25, 0.3) is 5.56 Å². The fourth-order valence-corrected chi connectivity index (χ4v) is 3.65. The van der Waals surface area contributed by atoms with Gasteiger partial charge in [0.05, 0.1) is 12.2 Å². The molecule has 0 saturated carbocycles. The molecule has 0 radical (unpaired) electrons. The Hall–Kier alpha value is -2.40. The molecule has 0 amide bonds. The van der Waals surface area contributed by atoms with E-state index in [1.54, 1.807) is 6.92 Å². The summed E-state index contributed by atoms with van der Waals surface area (Å²) in [7, 11) is 0. The third kappa shape index (κ3) is 2.65. The van der Waals surface area contributed by atoms with E-state index in [1.165, 1.54) is 0 Å². The van der Waals surface area contributed by atoms with E-state index >= 15 is 0 Å². The summed E-state index contributed by atoms with van der Waals surface area (Å²) >= 11 is 0.668. The lowest BCUT2D eigenvalue weighted by Gasteiger charge is -2.18. The summed E-state index contributed by atoms with van der Waals surface area (Å²) in [6.07, 6.45) is -1.62. The maximum absolute atomic E-state index is 12.3. The smallest absolute Gasteiger partial charge is 0.327 e. The molecule has 0 aromatic carbocycles. The van der Waals surface area contributed by atoms with Crippen LogP contribution in [0.15, 0.2) is 19.5 Å². The maximum Gasteiger partial charge on any atom is 0.327 e. The Balaban J connectivity index is 2.16. The second-order valence-electron chi connectivity index (χ2n) is 5.38. The Morgan fingerprint density at radius 2 is 2.25 bits per heavy atom. The molecule has 1 aliphatic heterocycles. The predicted molar refractivity (Wildman–Crippen MR) is 83.2 cm³/mol. The molecule has 4 unspecified atom stereocenters. The number of hydrogen-bond acceptors (Lipinski definition) is 8. The van der Waals surface area contributed by atoms with E-state index in [9.17, 15) is 19.5 Å². The first-order valence-corrected chi connectivity index (χ1v) is 8.05. The summed E-state index contributed by atoms with van der Waals surface area (Å²) in [5.41, 5.74) is 5.54. The molecule has 24 heavy (non-hydrogen) atoms. The Morgan fingerprint density at radius 1 is 1.50 bits per heavy atom. The van der Waals surface area contributed by atoms with E-state index < -0.39 is 40.6 Å². The number of nitrogens with zero attached hydrogens (tertiary/aromatic N) is 3. The molecule has 1 fully saturated rings. The van der Waals surface area contributed by atoms with Crippen molar-refractivity contribution in [3.05, 3.63) is 30.5 Å². The van der Waals surface area contributed by atoms with Gasteiger partial charge in [-0.25, -0.2) is 4.79 Å². The molecule has 128 valence electrons. The Morgan fingerprint density at radius 3 is 2.92 bits per heavy atom. The number of H-pyrrole nitrogens is 2. The zero-order valence-electron chi connectivity index (χ0n) is 12.6. The molecule has 2 aromatic heterocycles. The summed E-state index contributed by atoms with van der Waals surface area (Å²) in [6, 6.07) is -0.688. The Kier molecular flexibility index (Phi) is 4.28. The van der Waals surface area contributed by atoms with Gasteiger partial charge in [-0.3, -0.25) is 24.1 Å². The van der Waals surface area contributed by atoms with Crippen molar-refractivity contribution in [1.29, 1.82) is 5.53 Å². The molecule has 0 aliphatic carbocycles. The second kappa shape index (κ2) is 6.24. The molecule has 4 N–H and O–H groups in total. The van der Waals surface area contributed by atoms with Crippen LogP contribution >= 0.6 is 11.3 Å². The van der Waals surface area contributed by atoms with Crippen molar-refractivity contribution in [2.75, 3.05) is 0 Å². The van der Waals surface area contributed by atoms with Crippen molar-refractivity contribution >= 4 is 21.7 Å². The normalized spacial score (nSPS) is 24.8. The monoisotopic (exact) mass is 355 g/mol. The van der Waals surface area contributed by atoms with Gasteiger partial charge in [0.1, 0.15) is 21.0 Å². The van der Waals surface area contributed by atoms with Crippen LogP contribution in [-0.4, -0.2) is 37.9 Å². The zero-order valence-corrected chi connectivity index (χ0v) is 13.4. The summed E-state index contributed by atoms with van der Waals surface area (Å²) in [4.78, 5) is 42.7. The van der Waals surface area contributed by atoms with Crippen LogP contribution in [0.4, 0.5) is 0 Å². The predicted octanol–water partition coefficient (Wildman–Crippen LogP) is -0.583. The van der Waals surface area contributed by atoms with Crippen LogP contribution in [0.2, 0.25) is 0 Å². The Labute approximate surface area is 137 Å². The number of aromatic nitrogens is 3. The summed E-state index contributed by atoms with van der Waals surface area (Å²) in [5.74, 6) is 0. The van der Waals surface area contributed by atoms with Gasteiger partial charge >= 0.3 is 10.6 Å². The fourth-order valence-electron chi connectivity index (χ4n) is 2.79. The van der Waals surface area contributed by atoms with E-state index in [0.717, 1.165) is 4.57 Å². The fraction of sp³-hybridized carbons (Fsp3) is 0.583. The van der Waals surface area contributed by atoms with Crippen molar-refractivity contribution in [3.63, 3.8) is 0 Å². The number of ether oxygens (including phenoxy) is 1. The SMILES string of the molecule is CCC(O)C1CC(N=[N+]=N)C(n2c(=O)sc3c(=O)[nH]c(=O)[nH]c32)O1. The van der Waals surface area contributed by atoms with Gasteiger partial charge in [0.2, 0.25) is 4.91 Å². The number of aliphatic hydroxyl groups is 1. The van der Waals surface area contributed by atoms with Crippen molar-refractivity contribution in [1.82, 2.24) is 19.4 Å². The van der Waals surface area contributed by atoms with E-state index in [-0.39, 0.29) is 16.8 Å². The molecule has 0 spiro atoms. The molecule has 11 nitrogen and oxygen atoms in total. The average molecular weight is 355 g/mol. The van der Waals surface area contributed by atoms with Crippen molar-refractivity contribution in [2.24, 2.45) is 5.11 Å². The van der Waals surface area contributed by atoms with Gasteiger partial charge in [0, 0.05) is 6.42 Å². The van der Waals surface area contributed by atoms with Crippen LogP contribution < -0.4 is 21.0 Å². The number of aliphatic hydroxyl groups excluding tert-OH is 1. The molecule has 2 aromatic rings. The number of rotatable bonds is 4. The van der Waals surface area contributed by atoms with Crippen LogP contribution in [0.5, 0.6) is 0 Å². The van der Waals surface area contributed by atoms with E-state index in [0.29, 0.717) is 17.8 Å². The highest BCUT2D eigenvalue weighted by atomic mass is 32.1. The van der Waals surface area contributed by atoms with E-state index in [2.05, 4.69) is 20.0 Å². The lowest BCUT2D eigenvalue weighted by Crippen LogP contribution is -2.29. The molecule has 1 saturated heterocycles. The summed E-state index contributed by atoms with van der Waals surface area (Å²) in [6.45, 7) is 1.78. The molecule has 0 bridgehead atoms. The highest BCUT2D eigenvalue weighted by Crippen LogP contribution is 2.34. The van der Waals surface area contributed by atoms with Gasteiger partial charge in [-0.1, -0.05) is 18.3 Å². The summed E-state index contributed by atoms with van der Waals surface area (Å²) < 4.78 is 6.92. The molecule has 12 heteroatoms.